The summed E-state index contributed by atoms with van der Waals surface area (Å²) in [6, 6.07) is 4.12. The molecule has 0 nitrogen and oxygen atoms in total. The average molecular weight is 356 g/mol. The largest absolute Gasteiger partial charge is 0.144 e. The normalized spacial score (nSPS) is 13.1. The van der Waals surface area contributed by atoms with E-state index in [-0.39, 0.29) is 4.83 Å². The minimum atomic E-state index is 0.140. The van der Waals surface area contributed by atoms with Gasteiger partial charge in [-0.25, -0.2) is 0 Å². The number of aryl methyl sites for hydroxylation is 2. The van der Waals surface area contributed by atoms with Crippen LogP contribution in [0.5, 0.6) is 0 Å². The summed E-state index contributed by atoms with van der Waals surface area (Å²) in [5, 5.41) is 0. The van der Waals surface area contributed by atoms with Gasteiger partial charge in [0.25, 0.3) is 0 Å². The van der Waals surface area contributed by atoms with Crippen molar-refractivity contribution in [2.45, 2.75) is 18.7 Å². The predicted molar refractivity (Wildman–Crippen MR) is 78.9 cm³/mol. The van der Waals surface area contributed by atoms with E-state index in [4.69, 9.17) is 23.2 Å². The SMILES string of the molecule is Cc1cc(C(Br)c2cc(Cl)sc2Cl)sc1C. The van der Waals surface area contributed by atoms with Gasteiger partial charge in [-0.05, 0) is 31.5 Å². The highest BCUT2D eigenvalue weighted by Crippen LogP contribution is 2.43. The quantitative estimate of drug-likeness (QED) is 0.561. The van der Waals surface area contributed by atoms with E-state index >= 15 is 0 Å². The molecular weight excluding hydrogens is 347 g/mol. The maximum Gasteiger partial charge on any atom is 0.0991 e. The van der Waals surface area contributed by atoms with Crippen LogP contribution in [-0.2, 0) is 0 Å². The van der Waals surface area contributed by atoms with Gasteiger partial charge in [0.15, 0.2) is 0 Å². The molecule has 1 atom stereocenters. The first-order valence-corrected chi connectivity index (χ1v) is 7.95. The Bertz CT molecular complexity index is 497. The van der Waals surface area contributed by atoms with Gasteiger partial charge in [-0.3, -0.25) is 0 Å². The Balaban J connectivity index is 2.38. The van der Waals surface area contributed by atoms with Gasteiger partial charge in [-0.15, -0.1) is 22.7 Å². The van der Waals surface area contributed by atoms with E-state index in [9.17, 15) is 0 Å². The van der Waals surface area contributed by atoms with Crippen LogP contribution in [0.3, 0.4) is 0 Å². The monoisotopic (exact) mass is 354 g/mol. The number of thiophene rings is 2. The maximum atomic E-state index is 6.15. The molecule has 0 N–H and O–H groups in total. The van der Waals surface area contributed by atoms with Crippen LogP contribution < -0.4 is 0 Å². The van der Waals surface area contributed by atoms with Crippen LogP contribution >= 0.6 is 61.8 Å². The fraction of sp³-hybridized carbons (Fsp3) is 0.273. The summed E-state index contributed by atoms with van der Waals surface area (Å²) in [5.74, 6) is 0. The molecule has 2 heterocycles. The van der Waals surface area contributed by atoms with Crippen molar-refractivity contribution in [3.8, 4) is 0 Å². The van der Waals surface area contributed by atoms with Crippen molar-refractivity contribution in [1.29, 1.82) is 0 Å². The molecule has 0 aliphatic heterocycles. The van der Waals surface area contributed by atoms with Crippen molar-refractivity contribution < 1.29 is 0 Å². The Morgan fingerprint density at radius 1 is 1.19 bits per heavy atom. The van der Waals surface area contributed by atoms with Gasteiger partial charge >= 0.3 is 0 Å². The van der Waals surface area contributed by atoms with Crippen molar-refractivity contribution in [3.63, 3.8) is 0 Å². The third-order valence-corrected chi connectivity index (χ3v) is 6.42. The molecular formula is C11H9BrCl2S2. The number of rotatable bonds is 2. The summed E-state index contributed by atoms with van der Waals surface area (Å²) in [5.41, 5.74) is 2.37. The Hall–Kier alpha value is 0.460. The Labute approximate surface area is 121 Å². The molecule has 2 aromatic rings. The van der Waals surface area contributed by atoms with Crippen LogP contribution in [0.1, 0.15) is 25.7 Å². The number of hydrogen-bond acceptors (Lipinski definition) is 2. The topological polar surface area (TPSA) is 0 Å². The van der Waals surface area contributed by atoms with Gasteiger partial charge in [0, 0.05) is 15.3 Å². The molecule has 5 heteroatoms. The van der Waals surface area contributed by atoms with Gasteiger partial charge < -0.3 is 0 Å². The van der Waals surface area contributed by atoms with E-state index in [0.29, 0.717) is 0 Å². The molecule has 1 unspecified atom stereocenters. The molecule has 0 bridgehead atoms. The highest BCUT2D eigenvalue weighted by Gasteiger charge is 2.18. The minimum absolute atomic E-state index is 0.140. The van der Waals surface area contributed by atoms with E-state index in [1.165, 1.54) is 26.7 Å². The third-order valence-electron chi connectivity index (χ3n) is 2.39. The van der Waals surface area contributed by atoms with E-state index in [1.54, 1.807) is 11.3 Å². The predicted octanol–water partition coefficient (Wildman–Crippen LogP) is 6.22. The lowest BCUT2D eigenvalue weighted by Crippen LogP contribution is -1.86. The van der Waals surface area contributed by atoms with Crippen molar-refractivity contribution >= 4 is 61.8 Å². The van der Waals surface area contributed by atoms with E-state index in [2.05, 4.69) is 35.8 Å². The van der Waals surface area contributed by atoms with Crippen LogP contribution in [0.25, 0.3) is 0 Å². The van der Waals surface area contributed by atoms with Crippen molar-refractivity contribution in [2.75, 3.05) is 0 Å². The summed E-state index contributed by atoms with van der Waals surface area (Å²) in [6.07, 6.45) is 0. The minimum Gasteiger partial charge on any atom is -0.144 e. The Morgan fingerprint density at radius 2 is 1.88 bits per heavy atom. The van der Waals surface area contributed by atoms with Gasteiger partial charge in [-0.2, -0.15) is 0 Å². The van der Waals surface area contributed by atoms with Crippen LogP contribution in [0.15, 0.2) is 12.1 Å². The molecule has 0 saturated carbocycles. The second kappa shape index (κ2) is 4.99. The molecule has 0 amide bonds. The highest BCUT2D eigenvalue weighted by atomic mass is 79.9. The fourth-order valence-corrected chi connectivity index (χ4v) is 5.03. The molecule has 2 rings (SSSR count). The first-order valence-electron chi connectivity index (χ1n) is 4.64. The summed E-state index contributed by atoms with van der Waals surface area (Å²) in [4.78, 5) is 2.75. The summed E-state index contributed by atoms with van der Waals surface area (Å²) in [7, 11) is 0. The maximum absolute atomic E-state index is 6.15. The molecule has 2 aromatic heterocycles. The molecule has 16 heavy (non-hydrogen) atoms. The molecule has 0 saturated heterocycles. The Kier molecular flexibility index (Phi) is 4.02. The van der Waals surface area contributed by atoms with E-state index in [0.717, 1.165) is 14.2 Å². The molecule has 0 aromatic carbocycles. The molecule has 0 spiro atoms. The van der Waals surface area contributed by atoms with Gasteiger partial charge in [0.1, 0.15) is 0 Å². The number of alkyl halides is 1. The lowest BCUT2D eigenvalue weighted by molar-refractivity contribution is 1.24. The number of hydrogen-bond donors (Lipinski definition) is 0. The molecule has 0 aliphatic carbocycles. The molecule has 0 fully saturated rings. The Morgan fingerprint density at radius 3 is 2.31 bits per heavy atom. The first-order chi connectivity index (χ1) is 7.49. The van der Waals surface area contributed by atoms with E-state index < -0.39 is 0 Å². The summed E-state index contributed by atoms with van der Waals surface area (Å²) < 4.78 is 1.49. The fourth-order valence-electron chi connectivity index (χ4n) is 1.41. The van der Waals surface area contributed by atoms with Gasteiger partial charge in [-0.1, -0.05) is 39.1 Å². The third kappa shape index (κ3) is 2.49. The number of halogens is 3. The second-order valence-corrected chi connectivity index (χ2v) is 8.02. The second-order valence-electron chi connectivity index (χ2n) is 3.53. The molecule has 0 radical (unpaired) electrons. The standard InChI is InChI=1S/C11H9BrCl2S2/c1-5-3-8(15-6(5)2)10(12)7-4-9(13)16-11(7)14/h3-4,10H,1-2H3. The van der Waals surface area contributed by atoms with Crippen molar-refractivity contribution in [2.24, 2.45) is 0 Å². The smallest absolute Gasteiger partial charge is 0.0991 e. The van der Waals surface area contributed by atoms with Crippen LogP contribution in [0.4, 0.5) is 0 Å². The molecule has 0 aliphatic rings. The van der Waals surface area contributed by atoms with Crippen LogP contribution in [0.2, 0.25) is 8.67 Å². The van der Waals surface area contributed by atoms with Crippen LogP contribution in [0, 0.1) is 13.8 Å². The van der Waals surface area contributed by atoms with E-state index in [1.807, 2.05) is 6.07 Å². The zero-order chi connectivity index (χ0) is 11.9. The zero-order valence-electron chi connectivity index (χ0n) is 8.68. The molecule has 86 valence electrons. The summed E-state index contributed by atoms with van der Waals surface area (Å²) in [6.45, 7) is 4.25. The highest BCUT2D eigenvalue weighted by molar-refractivity contribution is 9.09. The average Bonchev–Trinajstić information content (AvgIpc) is 2.70. The lowest BCUT2D eigenvalue weighted by Gasteiger charge is -2.05. The zero-order valence-corrected chi connectivity index (χ0v) is 13.4. The van der Waals surface area contributed by atoms with Crippen molar-refractivity contribution in [1.82, 2.24) is 0 Å². The lowest BCUT2D eigenvalue weighted by atomic mass is 10.2. The summed E-state index contributed by atoms with van der Waals surface area (Å²) >= 11 is 19.0. The van der Waals surface area contributed by atoms with Crippen molar-refractivity contribution in [3.05, 3.63) is 41.7 Å². The first kappa shape index (κ1) is 12.9. The van der Waals surface area contributed by atoms with Gasteiger partial charge in [0.2, 0.25) is 0 Å². The van der Waals surface area contributed by atoms with Crippen LogP contribution in [-0.4, -0.2) is 0 Å². The van der Waals surface area contributed by atoms with Gasteiger partial charge in [0.05, 0.1) is 13.5 Å².